The summed E-state index contributed by atoms with van der Waals surface area (Å²) in [6.07, 6.45) is 2.43. The summed E-state index contributed by atoms with van der Waals surface area (Å²) in [6, 6.07) is 1.35. The van der Waals surface area contributed by atoms with Crippen LogP contribution in [0.25, 0.3) is 0 Å². The van der Waals surface area contributed by atoms with E-state index >= 15 is 0 Å². The van der Waals surface area contributed by atoms with Gasteiger partial charge in [0.05, 0.1) is 0 Å². The molecule has 1 heterocycles. The summed E-state index contributed by atoms with van der Waals surface area (Å²) in [7, 11) is 1.79. The van der Waals surface area contributed by atoms with E-state index in [4.69, 9.17) is 4.74 Å². The molecule has 0 amide bonds. The minimum Gasteiger partial charge on any atom is -0.385 e. The van der Waals surface area contributed by atoms with Gasteiger partial charge in [0.15, 0.2) is 0 Å². The standard InChI is InChI=1S/C15H32N2O/c1-12(2)14-11-17(8-6-7-9-18-5)15(10-16-14)13(3)4/h12-16H,6-11H2,1-5H3. The van der Waals surface area contributed by atoms with E-state index in [9.17, 15) is 0 Å². The first-order chi connectivity index (χ1) is 8.56. The Morgan fingerprint density at radius 3 is 2.44 bits per heavy atom. The molecule has 2 unspecified atom stereocenters. The molecule has 1 rings (SSSR count). The summed E-state index contributed by atoms with van der Waals surface area (Å²) >= 11 is 0. The fourth-order valence-electron chi connectivity index (χ4n) is 2.78. The molecule has 0 spiro atoms. The van der Waals surface area contributed by atoms with Gasteiger partial charge in [-0.25, -0.2) is 0 Å². The van der Waals surface area contributed by atoms with E-state index in [0.717, 1.165) is 25.0 Å². The van der Waals surface area contributed by atoms with Crippen molar-refractivity contribution >= 4 is 0 Å². The minimum absolute atomic E-state index is 0.655. The quantitative estimate of drug-likeness (QED) is 0.708. The monoisotopic (exact) mass is 256 g/mol. The third-order valence-electron chi connectivity index (χ3n) is 4.11. The molecule has 0 aliphatic carbocycles. The summed E-state index contributed by atoms with van der Waals surface area (Å²) in [5.74, 6) is 1.45. The van der Waals surface area contributed by atoms with Crippen molar-refractivity contribution in [2.24, 2.45) is 11.8 Å². The van der Waals surface area contributed by atoms with E-state index in [-0.39, 0.29) is 0 Å². The molecular weight excluding hydrogens is 224 g/mol. The molecule has 0 aromatic carbocycles. The molecule has 18 heavy (non-hydrogen) atoms. The van der Waals surface area contributed by atoms with Crippen LogP contribution < -0.4 is 5.32 Å². The smallest absolute Gasteiger partial charge is 0.0462 e. The molecule has 1 fully saturated rings. The molecule has 108 valence electrons. The first kappa shape index (κ1) is 15.9. The van der Waals surface area contributed by atoms with Crippen LogP contribution in [-0.2, 0) is 4.74 Å². The highest BCUT2D eigenvalue weighted by atomic mass is 16.5. The zero-order chi connectivity index (χ0) is 13.5. The Hall–Kier alpha value is -0.120. The van der Waals surface area contributed by atoms with Crippen LogP contribution in [0.4, 0.5) is 0 Å². The summed E-state index contributed by atoms with van der Waals surface area (Å²) in [5.41, 5.74) is 0. The van der Waals surface area contributed by atoms with Crippen molar-refractivity contribution in [1.82, 2.24) is 10.2 Å². The Bertz CT molecular complexity index is 219. The van der Waals surface area contributed by atoms with Crippen molar-refractivity contribution in [2.45, 2.75) is 52.6 Å². The van der Waals surface area contributed by atoms with Gasteiger partial charge in [-0.05, 0) is 31.2 Å². The van der Waals surface area contributed by atoms with Crippen molar-refractivity contribution in [2.75, 3.05) is 33.4 Å². The number of nitrogens with zero attached hydrogens (tertiary/aromatic N) is 1. The largest absolute Gasteiger partial charge is 0.385 e. The Kier molecular flexibility index (Phi) is 7.20. The lowest BCUT2D eigenvalue weighted by Crippen LogP contribution is -2.59. The number of piperazine rings is 1. The molecule has 0 aromatic heterocycles. The summed E-state index contributed by atoms with van der Waals surface area (Å²) in [6.45, 7) is 13.8. The van der Waals surface area contributed by atoms with Gasteiger partial charge in [0.2, 0.25) is 0 Å². The molecule has 3 heteroatoms. The van der Waals surface area contributed by atoms with Crippen LogP contribution >= 0.6 is 0 Å². The molecular formula is C15H32N2O. The second-order valence-corrected chi connectivity index (χ2v) is 6.26. The minimum atomic E-state index is 0.655. The van der Waals surface area contributed by atoms with Crippen molar-refractivity contribution in [1.29, 1.82) is 0 Å². The molecule has 0 saturated carbocycles. The van der Waals surface area contributed by atoms with Gasteiger partial charge in [0.25, 0.3) is 0 Å². The molecule has 0 aromatic rings. The number of rotatable bonds is 7. The fraction of sp³-hybridized carbons (Fsp3) is 1.00. The van der Waals surface area contributed by atoms with E-state index in [2.05, 4.69) is 37.9 Å². The highest BCUT2D eigenvalue weighted by molar-refractivity contribution is 4.88. The van der Waals surface area contributed by atoms with Crippen LogP contribution in [0.5, 0.6) is 0 Å². The van der Waals surface area contributed by atoms with Gasteiger partial charge in [-0.1, -0.05) is 27.7 Å². The average Bonchev–Trinajstić information content (AvgIpc) is 2.34. The number of nitrogens with one attached hydrogen (secondary N) is 1. The number of hydrogen-bond acceptors (Lipinski definition) is 3. The third-order valence-corrected chi connectivity index (χ3v) is 4.11. The molecule has 0 bridgehead atoms. The van der Waals surface area contributed by atoms with E-state index in [1.165, 1.54) is 25.9 Å². The SMILES string of the molecule is COCCCCN1CC(C(C)C)NCC1C(C)C. The predicted octanol–water partition coefficient (Wildman–Crippen LogP) is 2.37. The highest BCUT2D eigenvalue weighted by Crippen LogP contribution is 2.18. The maximum Gasteiger partial charge on any atom is 0.0462 e. The number of methoxy groups -OCH3 is 1. The van der Waals surface area contributed by atoms with E-state index in [1.54, 1.807) is 7.11 Å². The normalized spacial score (nSPS) is 26.2. The second kappa shape index (κ2) is 8.13. The number of hydrogen-bond donors (Lipinski definition) is 1. The van der Waals surface area contributed by atoms with Crippen molar-refractivity contribution in [3.8, 4) is 0 Å². The fourth-order valence-corrected chi connectivity index (χ4v) is 2.78. The maximum absolute atomic E-state index is 5.13. The molecule has 0 radical (unpaired) electrons. The van der Waals surface area contributed by atoms with Gasteiger partial charge in [-0.2, -0.15) is 0 Å². The van der Waals surface area contributed by atoms with E-state index in [0.29, 0.717) is 12.1 Å². The van der Waals surface area contributed by atoms with Crippen LogP contribution in [0.15, 0.2) is 0 Å². The number of unbranched alkanes of at least 4 members (excludes halogenated alkanes) is 1. The van der Waals surface area contributed by atoms with Gasteiger partial charge < -0.3 is 10.1 Å². The van der Waals surface area contributed by atoms with Gasteiger partial charge in [-0.15, -0.1) is 0 Å². The van der Waals surface area contributed by atoms with Gasteiger partial charge in [0.1, 0.15) is 0 Å². The first-order valence-corrected chi connectivity index (χ1v) is 7.52. The second-order valence-electron chi connectivity index (χ2n) is 6.26. The molecule has 1 N–H and O–H groups in total. The molecule has 2 atom stereocenters. The maximum atomic E-state index is 5.13. The Morgan fingerprint density at radius 2 is 1.89 bits per heavy atom. The Morgan fingerprint density at radius 1 is 1.17 bits per heavy atom. The molecule has 1 saturated heterocycles. The molecule has 1 aliphatic rings. The van der Waals surface area contributed by atoms with Crippen LogP contribution in [-0.4, -0.2) is 50.3 Å². The lowest BCUT2D eigenvalue weighted by atomic mass is 9.94. The van der Waals surface area contributed by atoms with E-state index in [1.807, 2.05) is 0 Å². The number of ether oxygens (including phenoxy) is 1. The van der Waals surface area contributed by atoms with Gasteiger partial charge >= 0.3 is 0 Å². The summed E-state index contributed by atoms with van der Waals surface area (Å²) in [5, 5.41) is 3.72. The van der Waals surface area contributed by atoms with Crippen molar-refractivity contribution in [3.05, 3.63) is 0 Å². The van der Waals surface area contributed by atoms with Crippen LogP contribution in [0, 0.1) is 11.8 Å². The highest BCUT2D eigenvalue weighted by Gasteiger charge is 2.30. The zero-order valence-corrected chi connectivity index (χ0v) is 12.9. The van der Waals surface area contributed by atoms with Crippen LogP contribution in [0.2, 0.25) is 0 Å². The lowest BCUT2D eigenvalue weighted by Gasteiger charge is -2.43. The lowest BCUT2D eigenvalue weighted by molar-refractivity contribution is 0.0806. The first-order valence-electron chi connectivity index (χ1n) is 7.52. The molecule has 3 nitrogen and oxygen atoms in total. The molecule has 1 aliphatic heterocycles. The topological polar surface area (TPSA) is 24.5 Å². The Balaban J connectivity index is 2.44. The van der Waals surface area contributed by atoms with Gasteiger partial charge in [-0.3, -0.25) is 4.90 Å². The van der Waals surface area contributed by atoms with Gasteiger partial charge in [0, 0.05) is 38.9 Å². The predicted molar refractivity (Wildman–Crippen MR) is 77.9 cm³/mol. The van der Waals surface area contributed by atoms with Crippen LogP contribution in [0.1, 0.15) is 40.5 Å². The summed E-state index contributed by atoms with van der Waals surface area (Å²) < 4.78 is 5.13. The Labute approximate surface area is 113 Å². The zero-order valence-electron chi connectivity index (χ0n) is 12.9. The van der Waals surface area contributed by atoms with Crippen molar-refractivity contribution in [3.63, 3.8) is 0 Å². The third kappa shape index (κ3) is 4.87. The van der Waals surface area contributed by atoms with Crippen LogP contribution in [0.3, 0.4) is 0 Å². The average molecular weight is 256 g/mol. The van der Waals surface area contributed by atoms with Crippen molar-refractivity contribution < 1.29 is 4.74 Å². The van der Waals surface area contributed by atoms with E-state index < -0.39 is 0 Å². The summed E-state index contributed by atoms with van der Waals surface area (Å²) in [4.78, 5) is 2.70.